The summed E-state index contributed by atoms with van der Waals surface area (Å²) in [5.74, 6) is 1.11. The number of methoxy groups -OCH3 is 1. The number of benzene rings is 1. The minimum absolute atomic E-state index is 0.357. The smallest absolute Gasteiger partial charge is 0.145 e. The minimum atomic E-state index is 0.357. The lowest BCUT2D eigenvalue weighted by molar-refractivity contribution is 0.409. The van der Waals surface area contributed by atoms with Crippen molar-refractivity contribution in [2.45, 2.75) is 26.7 Å². The summed E-state index contributed by atoms with van der Waals surface area (Å²) in [6, 6.07) is 1.94. The third kappa shape index (κ3) is 1.62. The van der Waals surface area contributed by atoms with Crippen LogP contribution in [0.25, 0.3) is 0 Å². The topological polar surface area (TPSA) is 61.3 Å². The van der Waals surface area contributed by atoms with E-state index in [4.69, 9.17) is 16.2 Å². The molecule has 0 saturated carbocycles. The van der Waals surface area contributed by atoms with Gasteiger partial charge in [0.2, 0.25) is 0 Å². The molecule has 3 nitrogen and oxygen atoms in total. The molecule has 0 aliphatic carbocycles. The highest BCUT2D eigenvalue weighted by Gasteiger charge is 2.14. The van der Waals surface area contributed by atoms with Crippen LogP contribution in [0.3, 0.4) is 0 Å². The Morgan fingerprint density at radius 1 is 1.29 bits per heavy atom. The van der Waals surface area contributed by atoms with Crippen LogP contribution in [0, 0.1) is 6.92 Å². The van der Waals surface area contributed by atoms with Crippen molar-refractivity contribution in [1.82, 2.24) is 0 Å². The Hall–Kier alpha value is -1.38. The molecule has 0 saturated heterocycles. The van der Waals surface area contributed by atoms with Gasteiger partial charge in [-0.2, -0.15) is 0 Å². The molecule has 0 bridgehead atoms. The van der Waals surface area contributed by atoms with E-state index in [1.807, 2.05) is 13.0 Å². The lowest BCUT2D eigenvalue weighted by atomic mass is 9.97. The van der Waals surface area contributed by atoms with Crippen molar-refractivity contribution in [2.24, 2.45) is 0 Å². The molecule has 0 unspecified atom stereocenters. The first-order valence-corrected chi connectivity index (χ1v) is 4.71. The zero-order valence-corrected chi connectivity index (χ0v) is 9.22. The molecule has 0 aromatic heterocycles. The van der Waals surface area contributed by atoms with E-state index in [1.54, 1.807) is 7.11 Å². The van der Waals surface area contributed by atoms with Crippen molar-refractivity contribution in [1.29, 1.82) is 0 Å². The molecule has 0 amide bonds. The van der Waals surface area contributed by atoms with Gasteiger partial charge in [0, 0.05) is 11.3 Å². The number of rotatable bonds is 2. The Labute approximate surface area is 85.0 Å². The maximum Gasteiger partial charge on any atom is 0.145 e. The molecule has 0 atom stereocenters. The second kappa shape index (κ2) is 3.78. The molecular formula is C11H18N2O. The first kappa shape index (κ1) is 10.7. The monoisotopic (exact) mass is 194 g/mol. The van der Waals surface area contributed by atoms with Crippen LogP contribution in [-0.2, 0) is 0 Å². The average molecular weight is 194 g/mol. The molecular weight excluding hydrogens is 176 g/mol. The van der Waals surface area contributed by atoms with E-state index >= 15 is 0 Å². The van der Waals surface area contributed by atoms with Crippen molar-refractivity contribution in [2.75, 3.05) is 18.6 Å². The Morgan fingerprint density at radius 2 is 1.86 bits per heavy atom. The predicted octanol–water partition coefficient (Wildman–Crippen LogP) is 2.29. The van der Waals surface area contributed by atoms with E-state index in [0.717, 1.165) is 22.6 Å². The molecule has 0 heterocycles. The molecule has 14 heavy (non-hydrogen) atoms. The number of ether oxygens (including phenoxy) is 1. The highest BCUT2D eigenvalue weighted by molar-refractivity contribution is 5.71. The number of hydrogen-bond donors (Lipinski definition) is 2. The van der Waals surface area contributed by atoms with Gasteiger partial charge in [-0.25, -0.2) is 0 Å². The molecule has 78 valence electrons. The largest absolute Gasteiger partial charge is 0.494 e. The second-order valence-electron chi connectivity index (χ2n) is 3.78. The van der Waals surface area contributed by atoms with E-state index in [0.29, 0.717) is 11.6 Å². The summed E-state index contributed by atoms with van der Waals surface area (Å²) in [5.41, 5.74) is 15.1. The number of anilines is 2. The van der Waals surface area contributed by atoms with Crippen molar-refractivity contribution < 1.29 is 4.74 Å². The Morgan fingerprint density at radius 3 is 2.29 bits per heavy atom. The first-order chi connectivity index (χ1) is 6.49. The fraction of sp³-hybridized carbons (Fsp3) is 0.455. The van der Waals surface area contributed by atoms with Crippen LogP contribution >= 0.6 is 0 Å². The van der Waals surface area contributed by atoms with Gasteiger partial charge in [0.25, 0.3) is 0 Å². The zero-order chi connectivity index (χ0) is 10.9. The first-order valence-electron chi connectivity index (χ1n) is 4.71. The molecule has 1 aromatic carbocycles. The summed E-state index contributed by atoms with van der Waals surface area (Å²) in [4.78, 5) is 0. The lowest BCUT2D eigenvalue weighted by Crippen LogP contribution is -2.04. The van der Waals surface area contributed by atoms with Crippen LogP contribution in [-0.4, -0.2) is 7.11 Å². The van der Waals surface area contributed by atoms with E-state index in [2.05, 4.69) is 13.8 Å². The average Bonchev–Trinajstić information content (AvgIpc) is 2.13. The van der Waals surface area contributed by atoms with Gasteiger partial charge in [0.15, 0.2) is 0 Å². The molecule has 3 heteroatoms. The normalized spacial score (nSPS) is 10.6. The van der Waals surface area contributed by atoms with Gasteiger partial charge in [0.05, 0.1) is 12.8 Å². The van der Waals surface area contributed by atoms with Crippen LogP contribution in [0.5, 0.6) is 5.75 Å². The van der Waals surface area contributed by atoms with E-state index in [1.165, 1.54) is 0 Å². The van der Waals surface area contributed by atoms with Crippen LogP contribution in [0.1, 0.15) is 30.9 Å². The summed E-state index contributed by atoms with van der Waals surface area (Å²) in [6.07, 6.45) is 0. The fourth-order valence-electron chi connectivity index (χ4n) is 1.48. The number of nitrogen functional groups attached to an aromatic ring is 2. The van der Waals surface area contributed by atoms with Gasteiger partial charge in [-0.3, -0.25) is 0 Å². The van der Waals surface area contributed by atoms with Crippen LogP contribution in [0.15, 0.2) is 6.07 Å². The Bertz CT molecular complexity index is 346. The predicted molar refractivity (Wildman–Crippen MR) is 60.6 cm³/mol. The van der Waals surface area contributed by atoms with E-state index in [9.17, 15) is 0 Å². The quantitative estimate of drug-likeness (QED) is 0.710. The van der Waals surface area contributed by atoms with Gasteiger partial charge in [-0.1, -0.05) is 13.8 Å². The molecule has 4 N–H and O–H groups in total. The summed E-state index contributed by atoms with van der Waals surface area (Å²) in [5, 5.41) is 0. The van der Waals surface area contributed by atoms with Gasteiger partial charge < -0.3 is 16.2 Å². The van der Waals surface area contributed by atoms with Gasteiger partial charge in [-0.15, -0.1) is 0 Å². The maximum absolute atomic E-state index is 5.93. The molecule has 0 aliphatic rings. The van der Waals surface area contributed by atoms with Crippen LogP contribution in [0.2, 0.25) is 0 Å². The molecule has 0 aliphatic heterocycles. The zero-order valence-electron chi connectivity index (χ0n) is 9.22. The van der Waals surface area contributed by atoms with E-state index < -0.39 is 0 Å². The Balaban J connectivity index is 3.43. The van der Waals surface area contributed by atoms with Crippen molar-refractivity contribution in [3.8, 4) is 5.75 Å². The fourth-order valence-corrected chi connectivity index (χ4v) is 1.48. The molecule has 1 rings (SSSR count). The summed E-state index contributed by atoms with van der Waals surface area (Å²) in [7, 11) is 1.63. The Kier molecular flexibility index (Phi) is 2.89. The number of hydrogen-bond acceptors (Lipinski definition) is 3. The molecule has 0 spiro atoms. The maximum atomic E-state index is 5.93. The SMILES string of the molecule is COc1c(C(C)C)cc(N)c(C)c1N. The standard InChI is InChI=1S/C11H18N2O/c1-6(2)8-5-9(12)7(3)10(13)11(8)14-4/h5-6H,12-13H2,1-4H3. The molecule has 1 aromatic rings. The summed E-state index contributed by atoms with van der Waals surface area (Å²) >= 11 is 0. The molecule has 0 radical (unpaired) electrons. The lowest BCUT2D eigenvalue weighted by Gasteiger charge is -2.17. The van der Waals surface area contributed by atoms with Gasteiger partial charge in [-0.05, 0) is 24.5 Å². The van der Waals surface area contributed by atoms with Crippen LogP contribution < -0.4 is 16.2 Å². The highest BCUT2D eigenvalue weighted by Crippen LogP contribution is 2.37. The van der Waals surface area contributed by atoms with Gasteiger partial charge >= 0.3 is 0 Å². The van der Waals surface area contributed by atoms with E-state index in [-0.39, 0.29) is 0 Å². The molecule has 0 fully saturated rings. The van der Waals surface area contributed by atoms with Crippen molar-refractivity contribution in [3.63, 3.8) is 0 Å². The third-order valence-corrected chi connectivity index (χ3v) is 2.48. The van der Waals surface area contributed by atoms with Crippen molar-refractivity contribution in [3.05, 3.63) is 17.2 Å². The minimum Gasteiger partial charge on any atom is -0.494 e. The summed E-state index contributed by atoms with van der Waals surface area (Å²) < 4.78 is 5.29. The third-order valence-electron chi connectivity index (χ3n) is 2.48. The summed E-state index contributed by atoms with van der Waals surface area (Å²) in [6.45, 7) is 6.08. The van der Waals surface area contributed by atoms with Crippen LogP contribution in [0.4, 0.5) is 11.4 Å². The highest BCUT2D eigenvalue weighted by atomic mass is 16.5. The van der Waals surface area contributed by atoms with Crippen molar-refractivity contribution >= 4 is 11.4 Å². The van der Waals surface area contributed by atoms with Gasteiger partial charge in [0.1, 0.15) is 5.75 Å². The number of nitrogens with two attached hydrogens (primary N) is 2. The second-order valence-corrected chi connectivity index (χ2v) is 3.78.